The van der Waals surface area contributed by atoms with Crippen LogP contribution in [0.1, 0.15) is 26.7 Å². The maximum atomic E-state index is 10.7. The zero-order chi connectivity index (χ0) is 8.69. The fraction of sp³-hybridized carbons (Fsp3) is 0.875. The van der Waals surface area contributed by atoms with Gasteiger partial charge >= 0.3 is 6.09 Å². The summed E-state index contributed by atoms with van der Waals surface area (Å²) in [6.07, 6.45) is 1.87. The third kappa shape index (κ3) is 3.86. The number of hydrogen-bond acceptors (Lipinski definition) is 2. The third-order valence-corrected chi connectivity index (χ3v) is 1.43. The van der Waals surface area contributed by atoms with Crippen LogP contribution >= 0.6 is 0 Å². The van der Waals surface area contributed by atoms with Gasteiger partial charge in [-0.3, -0.25) is 0 Å². The SMILES string of the molecule is CC.CN1CCCCOC1=O. The van der Waals surface area contributed by atoms with Gasteiger partial charge in [0.25, 0.3) is 0 Å². The smallest absolute Gasteiger partial charge is 0.409 e. The van der Waals surface area contributed by atoms with Crippen molar-refractivity contribution in [2.24, 2.45) is 0 Å². The van der Waals surface area contributed by atoms with E-state index in [9.17, 15) is 4.79 Å². The molecule has 0 aromatic rings. The number of ether oxygens (including phenoxy) is 1. The van der Waals surface area contributed by atoms with Crippen molar-refractivity contribution in [3.05, 3.63) is 0 Å². The van der Waals surface area contributed by atoms with Gasteiger partial charge in [-0.1, -0.05) is 13.8 Å². The molecule has 0 N–H and O–H groups in total. The molecule has 0 aromatic carbocycles. The molecule has 1 aliphatic rings. The van der Waals surface area contributed by atoms with Gasteiger partial charge in [0.1, 0.15) is 0 Å². The summed E-state index contributed by atoms with van der Waals surface area (Å²) < 4.78 is 4.80. The Morgan fingerprint density at radius 2 is 2.00 bits per heavy atom. The van der Waals surface area contributed by atoms with Crippen molar-refractivity contribution in [1.82, 2.24) is 4.90 Å². The van der Waals surface area contributed by atoms with Crippen LogP contribution in [-0.4, -0.2) is 31.2 Å². The Kier molecular flexibility index (Phi) is 5.61. The number of hydrogen-bond donors (Lipinski definition) is 0. The molecular weight excluding hydrogens is 142 g/mol. The van der Waals surface area contributed by atoms with Gasteiger partial charge in [-0.25, -0.2) is 4.79 Å². The average molecular weight is 159 g/mol. The van der Waals surface area contributed by atoms with Crippen molar-refractivity contribution >= 4 is 6.09 Å². The highest BCUT2D eigenvalue weighted by Crippen LogP contribution is 2.01. The van der Waals surface area contributed by atoms with Gasteiger partial charge in [0, 0.05) is 13.6 Å². The minimum absolute atomic E-state index is 0.187. The van der Waals surface area contributed by atoms with E-state index in [2.05, 4.69) is 0 Å². The molecule has 1 heterocycles. The van der Waals surface area contributed by atoms with Crippen LogP contribution in [0.15, 0.2) is 0 Å². The van der Waals surface area contributed by atoms with E-state index < -0.39 is 0 Å². The first-order valence-electron chi connectivity index (χ1n) is 4.18. The summed E-state index contributed by atoms with van der Waals surface area (Å²) in [6.45, 7) is 5.42. The fourth-order valence-corrected chi connectivity index (χ4v) is 0.812. The van der Waals surface area contributed by atoms with Crippen molar-refractivity contribution in [3.8, 4) is 0 Å². The van der Waals surface area contributed by atoms with E-state index in [0.29, 0.717) is 6.61 Å². The Balaban J connectivity index is 0.000000461. The Morgan fingerprint density at radius 3 is 2.64 bits per heavy atom. The lowest BCUT2D eigenvalue weighted by molar-refractivity contribution is 0.124. The minimum atomic E-state index is -0.187. The van der Waals surface area contributed by atoms with Crippen LogP contribution in [0, 0.1) is 0 Å². The summed E-state index contributed by atoms with van der Waals surface area (Å²) in [5.41, 5.74) is 0. The molecular formula is C8H17NO2. The number of carbonyl (C=O) groups excluding carboxylic acids is 1. The maximum absolute atomic E-state index is 10.7. The first-order valence-corrected chi connectivity index (χ1v) is 4.18. The van der Waals surface area contributed by atoms with E-state index >= 15 is 0 Å². The van der Waals surface area contributed by atoms with Crippen molar-refractivity contribution in [3.63, 3.8) is 0 Å². The van der Waals surface area contributed by atoms with E-state index in [1.54, 1.807) is 11.9 Å². The molecule has 3 heteroatoms. The van der Waals surface area contributed by atoms with Gasteiger partial charge in [0.05, 0.1) is 6.61 Å². The highest BCUT2D eigenvalue weighted by Gasteiger charge is 2.11. The van der Waals surface area contributed by atoms with E-state index in [4.69, 9.17) is 4.74 Å². The number of carbonyl (C=O) groups is 1. The summed E-state index contributed by atoms with van der Waals surface area (Å²) in [5.74, 6) is 0. The molecule has 1 amide bonds. The molecule has 66 valence electrons. The predicted octanol–water partition coefficient (Wildman–Crippen LogP) is 1.87. The average Bonchev–Trinajstić information content (AvgIpc) is 2.22. The normalized spacial score (nSPS) is 17.7. The second-order valence-corrected chi connectivity index (χ2v) is 2.24. The van der Waals surface area contributed by atoms with Crippen molar-refractivity contribution in [1.29, 1.82) is 0 Å². The Hall–Kier alpha value is -0.730. The molecule has 1 saturated heterocycles. The Bertz CT molecular complexity index is 115. The van der Waals surface area contributed by atoms with Crippen LogP contribution < -0.4 is 0 Å². The number of cyclic esters (lactones) is 1. The van der Waals surface area contributed by atoms with Gasteiger partial charge in [-0.15, -0.1) is 0 Å². The molecule has 0 spiro atoms. The molecule has 0 unspecified atom stereocenters. The Morgan fingerprint density at radius 1 is 1.36 bits per heavy atom. The first kappa shape index (κ1) is 10.3. The van der Waals surface area contributed by atoms with Crippen LogP contribution in [0.4, 0.5) is 4.79 Å². The van der Waals surface area contributed by atoms with Crippen LogP contribution in [0.3, 0.4) is 0 Å². The molecule has 1 rings (SSSR count). The molecule has 0 aliphatic carbocycles. The van der Waals surface area contributed by atoms with Gasteiger partial charge in [0.15, 0.2) is 0 Å². The van der Waals surface area contributed by atoms with Crippen LogP contribution in [0.25, 0.3) is 0 Å². The molecule has 0 atom stereocenters. The molecule has 1 aliphatic heterocycles. The molecule has 1 fully saturated rings. The van der Waals surface area contributed by atoms with Crippen molar-refractivity contribution in [2.75, 3.05) is 20.2 Å². The summed E-state index contributed by atoms with van der Waals surface area (Å²) >= 11 is 0. The highest BCUT2D eigenvalue weighted by molar-refractivity contribution is 5.67. The lowest BCUT2D eigenvalue weighted by atomic mass is 10.3. The molecule has 3 nitrogen and oxygen atoms in total. The lowest BCUT2D eigenvalue weighted by Gasteiger charge is -2.10. The molecule has 0 radical (unpaired) electrons. The standard InChI is InChI=1S/C6H11NO2.C2H6/c1-7-4-2-3-5-9-6(7)8;1-2/h2-5H2,1H3;1-2H3. The summed E-state index contributed by atoms with van der Waals surface area (Å²) in [5, 5.41) is 0. The van der Waals surface area contributed by atoms with E-state index in [1.807, 2.05) is 13.8 Å². The third-order valence-electron chi connectivity index (χ3n) is 1.43. The fourth-order valence-electron chi connectivity index (χ4n) is 0.812. The van der Waals surface area contributed by atoms with Gasteiger partial charge < -0.3 is 9.64 Å². The van der Waals surface area contributed by atoms with Crippen molar-refractivity contribution in [2.45, 2.75) is 26.7 Å². The van der Waals surface area contributed by atoms with Crippen LogP contribution in [0.2, 0.25) is 0 Å². The topological polar surface area (TPSA) is 29.5 Å². The summed E-state index contributed by atoms with van der Waals surface area (Å²) in [7, 11) is 1.76. The van der Waals surface area contributed by atoms with Crippen LogP contribution in [0.5, 0.6) is 0 Å². The quantitative estimate of drug-likeness (QED) is 0.540. The minimum Gasteiger partial charge on any atom is -0.449 e. The van der Waals surface area contributed by atoms with E-state index in [0.717, 1.165) is 19.4 Å². The maximum Gasteiger partial charge on any atom is 0.409 e. The van der Waals surface area contributed by atoms with Crippen LogP contribution in [-0.2, 0) is 4.74 Å². The molecule has 11 heavy (non-hydrogen) atoms. The van der Waals surface area contributed by atoms with Gasteiger partial charge in [-0.2, -0.15) is 0 Å². The second-order valence-electron chi connectivity index (χ2n) is 2.24. The second kappa shape index (κ2) is 6.01. The molecule has 0 aromatic heterocycles. The highest BCUT2D eigenvalue weighted by atomic mass is 16.6. The van der Waals surface area contributed by atoms with Gasteiger partial charge in [-0.05, 0) is 12.8 Å². The zero-order valence-electron chi connectivity index (χ0n) is 7.59. The molecule has 0 saturated carbocycles. The van der Waals surface area contributed by atoms with Gasteiger partial charge in [0.2, 0.25) is 0 Å². The lowest BCUT2D eigenvalue weighted by Crippen LogP contribution is -2.25. The van der Waals surface area contributed by atoms with Crippen molar-refractivity contribution < 1.29 is 9.53 Å². The van der Waals surface area contributed by atoms with E-state index in [-0.39, 0.29) is 6.09 Å². The summed E-state index contributed by atoms with van der Waals surface area (Å²) in [4.78, 5) is 12.3. The number of amides is 1. The predicted molar refractivity (Wildman–Crippen MR) is 44.6 cm³/mol. The monoisotopic (exact) mass is 159 g/mol. The van der Waals surface area contributed by atoms with E-state index in [1.165, 1.54) is 0 Å². The summed E-state index contributed by atoms with van der Waals surface area (Å²) in [6, 6.07) is 0. The number of rotatable bonds is 0. The largest absolute Gasteiger partial charge is 0.449 e. The first-order chi connectivity index (χ1) is 5.30. The zero-order valence-corrected chi connectivity index (χ0v) is 7.59. The number of nitrogens with zero attached hydrogens (tertiary/aromatic N) is 1. The molecule has 0 bridgehead atoms. The Labute approximate surface area is 68.3 Å².